The summed E-state index contributed by atoms with van der Waals surface area (Å²) in [6.07, 6.45) is -3.56. The second-order valence-electron chi connectivity index (χ2n) is 2.37. The van der Waals surface area contributed by atoms with Crippen LogP contribution < -0.4 is 15.2 Å². The van der Waals surface area contributed by atoms with Crippen LogP contribution in [0.25, 0.3) is 0 Å². The van der Waals surface area contributed by atoms with Gasteiger partial charge in [0.1, 0.15) is 0 Å². The zero-order valence-corrected chi connectivity index (χ0v) is 7.88. The van der Waals surface area contributed by atoms with Crippen LogP contribution in [0.15, 0.2) is 18.2 Å². The summed E-state index contributed by atoms with van der Waals surface area (Å²) >= 11 is 0. The minimum Gasteiger partial charge on any atom is -0.399 e. The Kier molecular flexibility index (Phi) is 2.78. The maximum Gasteiger partial charge on any atom is 0.586 e. The molecule has 2 N–H and O–H groups in total. The van der Waals surface area contributed by atoms with E-state index in [0.717, 1.165) is 0 Å². The Bertz CT molecular complexity index is 329. The first-order valence-corrected chi connectivity index (χ1v) is 4.22. The molecular weight excluding hydrogens is 192 g/mol. The van der Waals surface area contributed by atoms with E-state index < -0.39 is 6.29 Å². The molecule has 2 rings (SSSR count). The van der Waals surface area contributed by atoms with Crippen molar-refractivity contribution in [3.8, 4) is 11.5 Å². The Balaban J connectivity index is 0.000000461. The quantitative estimate of drug-likeness (QED) is 0.659. The second-order valence-corrected chi connectivity index (χ2v) is 2.37. The van der Waals surface area contributed by atoms with Gasteiger partial charge in [-0.25, -0.2) is 0 Å². The van der Waals surface area contributed by atoms with Crippen molar-refractivity contribution < 1.29 is 18.3 Å². The smallest absolute Gasteiger partial charge is 0.399 e. The van der Waals surface area contributed by atoms with Crippen molar-refractivity contribution in [2.24, 2.45) is 0 Å². The average molecular weight is 203 g/mol. The van der Waals surface area contributed by atoms with Crippen LogP contribution in [0.1, 0.15) is 13.8 Å². The molecule has 0 atom stereocenters. The number of hydrogen-bond acceptors (Lipinski definition) is 3. The van der Waals surface area contributed by atoms with Crippen LogP contribution in [0.3, 0.4) is 0 Å². The highest BCUT2D eigenvalue weighted by atomic mass is 19.3. The van der Waals surface area contributed by atoms with Crippen LogP contribution in [0.5, 0.6) is 11.5 Å². The van der Waals surface area contributed by atoms with Crippen LogP contribution in [0.2, 0.25) is 0 Å². The molecule has 1 aliphatic heterocycles. The zero-order valence-electron chi connectivity index (χ0n) is 7.88. The molecule has 0 aromatic heterocycles. The van der Waals surface area contributed by atoms with Crippen LogP contribution in [0, 0.1) is 0 Å². The number of nitrogen functional groups attached to an aromatic ring is 1. The molecule has 0 bridgehead atoms. The van der Waals surface area contributed by atoms with E-state index in [2.05, 4.69) is 9.47 Å². The van der Waals surface area contributed by atoms with Gasteiger partial charge in [0.05, 0.1) is 0 Å². The van der Waals surface area contributed by atoms with Crippen molar-refractivity contribution in [3.05, 3.63) is 18.2 Å². The maximum atomic E-state index is 12.4. The van der Waals surface area contributed by atoms with E-state index in [0.29, 0.717) is 5.69 Å². The highest BCUT2D eigenvalue weighted by Crippen LogP contribution is 2.41. The molecule has 0 saturated heterocycles. The number of fused-ring (bicyclic) bond motifs is 1. The lowest BCUT2D eigenvalue weighted by Crippen LogP contribution is -2.25. The molecule has 0 spiro atoms. The SMILES string of the molecule is CC.Nc1ccc2c(c1)OC(F)(F)O2. The van der Waals surface area contributed by atoms with Crippen LogP contribution in [0.4, 0.5) is 14.5 Å². The summed E-state index contributed by atoms with van der Waals surface area (Å²) in [5.41, 5.74) is 5.70. The summed E-state index contributed by atoms with van der Waals surface area (Å²) in [5, 5.41) is 0. The first-order chi connectivity index (χ1) is 6.57. The van der Waals surface area contributed by atoms with Gasteiger partial charge in [-0.05, 0) is 12.1 Å². The maximum absolute atomic E-state index is 12.4. The third-order valence-corrected chi connectivity index (χ3v) is 1.43. The second kappa shape index (κ2) is 3.69. The summed E-state index contributed by atoms with van der Waals surface area (Å²) < 4.78 is 33.0. The number of anilines is 1. The molecule has 1 aliphatic rings. The van der Waals surface area contributed by atoms with Gasteiger partial charge >= 0.3 is 6.29 Å². The van der Waals surface area contributed by atoms with Gasteiger partial charge in [0.15, 0.2) is 11.5 Å². The van der Waals surface area contributed by atoms with Gasteiger partial charge in [0.25, 0.3) is 0 Å². The van der Waals surface area contributed by atoms with E-state index in [9.17, 15) is 8.78 Å². The Morgan fingerprint density at radius 1 is 1.14 bits per heavy atom. The summed E-state index contributed by atoms with van der Waals surface area (Å²) in [7, 11) is 0. The Morgan fingerprint density at radius 2 is 1.71 bits per heavy atom. The lowest BCUT2D eigenvalue weighted by atomic mass is 10.3. The van der Waals surface area contributed by atoms with Crippen molar-refractivity contribution in [1.29, 1.82) is 0 Å². The number of alkyl halides is 2. The first-order valence-electron chi connectivity index (χ1n) is 4.22. The van der Waals surface area contributed by atoms with Crippen molar-refractivity contribution >= 4 is 5.69 Å². The highest BCUT2D eigenvalue weighted by molar-refractivity contribution is 5.53. The molecule has 0 fully saturated rings. The largest absolute Gasteiger partial charge is 0.586 e. The number of nitrogens with two attached hydrogens (primary N) is 1. The predicted octanol–water partition coefficient (Wildman–Crippen LogP) is 2.62. The van der Waals surface area contributed by atoms with Crippen molar-refractivity contribution in [2.75, 3.05) is 5.73 Å². The van der Waals surface area contributed by atoms with Crippen LogP contribution >= 0.6 is 0 Å². The van der Waals surface area contributed by atoms with Crippen molar-refractivity contribution in [2.45, 2.75) is 20.1 Å². The molecule has 1 aromatic carbocycles. The Labute approximate surface area is 80.4 Å². The fourth-order valence-corrected chi connectivity index (χ4v) is 0.966. The molecule has 0 radical (unpaired) electrons. The summed E-state index contributed by atoms with van der Waals surface area (Å²) in [6, 6.07) is 4.09. The van der Waals surface area contributed by atoms with E-state index in [4.69, 9.17) is 5.73 Å². The third-order valence-electron chi connectivity index (χ3n) is 1.43. The first kappa shape index (κ1) is 10.6. The summed E-state index contributed by atoms with van der Waals surface area (Å²) in [5.74, 6) is -0.0193. The van der Waals surface area contributed by atoms with Gasteiger partial charge in [-0.3, -0.25) is 0 Å². The van der Waals surface area contributed by atoms with E-state index >= 15 is 0 Å². The molecule has 5 heteroatoms. The molecule has 14 heavy (non-hydrogen) atoms. The lowest BCUT2D eigenvalue weighted by Gasteiger charge is -2.04. The van der Waals surface area contributed by atoms with E-state index in [-0.39, 0.29) is 11.5 Å². The van der Waals surface area contributed by atoms with Gasteiger partial charge in [0.2, 0.25) is 0 Å². The standard InChI is InChI=1S/C7H5F2NO2.C2H6/c8-7(9)11-5-2-1-4(10)3-6(5)12-7;1-2/h1-3H,10H2;1-2H3. The normalized spacial score (nSPS) is 15.7. The van der Waals surface area contributed by atoms with Crippen molar-refractivity contribution in [3.63, 3.8) is 0 Å². The zero-order chi connectivity index (χ0) is 10.8. The van der Waals surface area contributed by atoms with Crippen LogP contribution in [-0.4, -0.2) is 6.29 Å². The van der Waals surface area contributed by atoms with Gasteiger partial charge in [-0.2, -0.15) is 0 Å². The van der Waals surface area contributed by atoms with Gasteiger partial charge in [0, 0.05) is 11.8 Å². The average Bonchev–Trinajstić information content (AvgIpc) is 2.41. The minimum absolute atomic E-state index is 0.00852. The number of rotatable bonds is 0. The molecule has 0 amide bonds. The third kappa shape index (κ3) is 2.04. The molecule has 1 aromatic rings. The van der Waals surface area contributed by atoms with E-state index in [1.54, 1.807) is 0 Å². The topological polar surface area (TPSA) is 44.5 Å². The monoisotopic (exact) mass is 203 g/mol. The number of halogens is 2. The molecule has 0 aliphatic carbocycles. The highest BCUT2D eigenvalue weighted by Gasteiger charge is 2.43. The lowest BCUT2D eigenvalue weighted by molar-refractivity contribution is -0.286. The molecule has 1 heterocycles. The van der Waals surface area contributed by atoms with Gasteiger partial charge in [-0.1, -0.05) is 13.8 Å². The fourth-order valence-electron chi connectivity index (χ4n) is 0.966. The number of benzene rings is 1. The molecular formula is C9H11F2NO2. The molecule has 0 unspecified atom stereocenters. The van der Waals surface area contributed by atoms with Gasteiger partial charge < -0.3 is 15.2 Å². The summed E-state index contributed by atoms with van der Waals surface area (Å²) in [6.45, 7) is 4.00. The van der Waals surface area contributed by atoms with Gasteiger partial charge in [-0.15, -0.1) is 8.78 Å². The Hall–Kier alpha value is -1.52. The molecule has 78 valence electrons. The van der Waals surface area contributed by atoms with Crippen LogP contribution in [-0.2, 0) is 0 Å². The van der Waals surface area contributed by atoms with E-state index in [1.165, 1.54) is 18.2 Å². The number of ether oxygens (including phenoxy) is 2. The van der Waals surface area contributed by atoms with E-state index in [1.807, 2.05) is 13.8 Å². The predicted molar refractivity (Wildman–Crippen MR) is 48.4 cm³/mol. The molecule has 3 nitrogen and oxygen atoms in total. The summed E-state index contributed by atoms with van der Waals surface area (Å²) in [4.78, 5) is 0. The number of hydrogen-bond donors (Lipinski definition) is 1. The van der Waals surface area contributed by atoms with Crippen molar-refractivity contribution in [1.82, 2.24) is 0 Å². The molecule has 0 saturated carbocycles. The fraction of sp³-hybridized carbons (Fsp3) is 0.333. The Morgan fingerprint density at radius 3 is 2.36 bits per heavy atom. The minimum atomic E-state index is -3.56.